The topological polar surface area (TPSA) is 62.2 Å². The minimum absolute atomic E-state index is 0. The number of nitrogens with one attached hydrogen (secondary N) is 2. The first kappa shape index (κ1) is 23.1. The highest BCUT2D eigenvalue weighted by atomic mass is 127. The van der Waals surface area contributed by atoms with Crippen molar-refractivity contribution in [1.29, 1.82) is 0 Å². The summed E-state index contributed by atoms with van der Waals surface area (Å²) in [5.74, 6) is 0.614. The molecule has 146 valence electrons. The first-order valence-electron chi connectivity index (χ1n) is 7.89. The molecule has 2 heterocycles. The highest BCUT2D eigenvalue weighted by molar-refractivity contribution is 14.0. The third-order valence-electron chi connectivity index (χ3n) is 3.14. The Bertz CT molecular complexity index is 700. The van der Waals surface area contributed by atoms with Gasteiger partial charge in [0, 0.05) is 36.0 Å². The third kappa shape index (κ3) is 7.35. The first-order valence-corrected chi connectivity index (χ1v) is 9.59. The van der Waals surface area contributed by atoms with Crippen LogP contribution in [-0.2, 0) is 25.6 Å². The van der Waals surface area contributed by atoms with Gasteiger partial charge in [0.2, 0.25) is 0 Å². The number of halogens is 4. The van der Waals surface area contributed by atoms with Gasteiger partial charge in [-0.25, -0.2) is 15.0 Å². The lowest BCUT2D eigenvalue weighted by Crippen LogP contribution is -2.38. The van der Waals surface area contributed by atoms with E-state index in [1.165, 1.54) is 4.88 Å². The molecule has 2 aromatic rings. The van der Waals surface area contributed by atoms with Crippen LogP contribution in [0.15, 0.2) is 16.6 Å². The standard InChI is InChI=1S/C15H20F3N5S2.HI/c1-3-10-7-21-13(25-10)8-22-14(19-4-2)20-6-5-12-23-11(9-24-12)15(16,17)18;/h7,9H,3-6,8H2,1-2H3,(H2,19,20,22);1H. The number of rotatable bonds is 7. The van der Waals surface area contributed by atoms with Crippen LogP contribution < -0.4 is 10.6 Å². The van der Waals surface area contributed by atoms with Crippen LogP contribution in [0.2, 0.25) is 0 Å². The molecule has 0 spiro atoms. The lowest BCUT2D eigenvalue weighted by atomic mass is 10.4. The number of hydrogen-bond acceptors (Lipinski definition) is 5. The minimum atomic E-state index is -4.39. The van der Waals surface area contributed by atoms with Crippen molar-refractivity contribution in [2.75, 3.05) is 13.1 Å². The van der Waals surface area contributed by atoms with Gasteiger partial charge in [-0.15, -0.1) is 46.7 Å². The van der Waals surface area contributed by atoms with Gasteiger partial charge in [-0.2, -0.15) is 13.2 Å². The molecule has 2 N–H and O–H groups in total. The number of nitrogens with zero attached hydrogens (tertiary/aromatic N) is 3. The SMILES string of the molecule is CCNC(=NCc1ncc(CC)s1)NCCc1nc(C(F)(F)F)cs1.I. The molecule has 5 nitrogen and oxygen atoms in total. The van der Waals surface area contributed by atoms with E-state index in [-0.39, 0.29) is 24.0 Å². The smallest absolute Gasteiger partial charge is 0.357 e. The second-order valence-corrected chi connectivity index (χ2v) is 7.21. The number of aryl methyl sites for hydroxylation is 1. The maximum atomic E-state index is 12.5. The zero-order chi connectivity index (χ0) is 18.3. The van der Waals surface area contributed by atoms with Gasteiger partial charge in [0.15, 0.2) is 11.7 Å². The Hall–Kier alpha value is -0.950. The number of aliphatic imine (C=N–C) groups is 1. The summed E-state index contributed by atoms with van der Waals surface area (Å²) < 4.78 is 37.6. The summed E-state index contributed by atoms with van der Waals surface area (Å²) >= 11 is 2.65. The quantitative estimate of drug-likeness (QED) is 0.329. The molecule has 0 aliphatic heterocycles. The molecule has 0 saturated heterocycles. The molecule has 0 aliphatic rings. The van der Waals surface area contributed by atoms with Crippen LogP contribution in [0.5, 0.6) is 0 Å². The lowest BCUT2D eigenvalue weighted by molar-refractivity contribution is -0.140. The van der Waals surface area contributed by atoms with Crippen molar-refractivity contribution in [1.82, 2.24) is 20.6 Å². The first-order chi connectivity index (χ1) is 11.9. The minimum Gasteiger partial charge on any atom is -0.357 e. The van der Waals surface area contributed by atoms with Crippen molar-refractivity contribution in [3.8, 4) is 0 Å². The van der Waals surface area contributed by atoms with Crippen LogP contribution in [0.25, 0.3) is 0 Å². The van der Waals surface area contributed by atoms with Gasteiger partial charge in [-0.05, 0) is 13.3 Å². The van der Waals surface area contributed by atoms with Crippen molar-refractivity contribution in [3.63, 3.8) is 0 Å². The molecule has 26 heavy (non-hydrogen) atoms. The zero-order valence-corrected chi connectivity index (χ0v) is 18.4. The Morgan fingerprint density at radius 2 is 2.00 bits per heavy atom. The van der Waals surface area contributed by atoms with E-state index >= 15 is 0 Å². The van der Waals surface area contributed by atoms with E-state index in [0.29, 0.717) is 37.0 Å². The molecule has 0 aromatic carbocycles. The van der Waals surface area contributed by atoms with E-state index < -0.39 is 11.9 Å². The van der Waals surface area contributed by atoms with Crippen molar-refractivity contribution >= 4 is 52.6 Å². The highest BCUT2D eigenvalue weighted by Gasteiger charge is 2.33. The fraction of sp³-hybridized carbons (Fsp3) is 0.533. The summed E-state index contributed by atoms with van der Waals surface area (Å²) in [5, 5.41) is 8.64. The summed E-state index contributed by atoms with van der Waals surface area (Å²) in [6, 6.07) is 0. The summed E-state index contributed by atoms with van der Waals surface area (Å²) in [7, 11) is 0. The van der Waals surface area contributed by atoms with Crippen LogP contribution >= 0.6 is 46.7 Å². The van der Waals surface area contributed by atoms with Crippen LogP contribution in [0.4, 0.5) is 13.2 Å². The molecule has 0 amide bonds. The largest absolute Gasteiger partial charge is 0.434 e. The number of thiazole rings is 2. The number of aromatic nitrogens is 2. The molecule has 2 rings (SSSR count). The van der Waals surface area contributed by atoms with Gasteiger partial charge in [0.25, 0.3) is 0 Å². The average molecular weight is 519 g/mol. The predicted octanol–water partition coefficient (Wildman–Crippen LogP) is 4.10. The Labute approximate surface area is 175 Å². The highest BCUT2D eigenvalue weighted by Crippen LogP contribution is 2.29. The van der Waals surface area contributed by atoms with E-state index in [9.17, 15) is 13.2 Å². The van der Waals surface area contributed by atoms with Gasteiger partial charge in [-0.1, -0.05) is 6.92 Å². The van der Waals surface area contributed by atoms with E-state index in [0.717, 1.165) is 28.1 Å². The Balaban J connectivity index is 0.00000338. The molecule has 0 aliphatic carbocycles. The predicted molar refractivity (Wildman–Crippen MR) is 111 cm³/mol. The molecular weight excluding hydrogens is 498 g/mol. The van der Waals surface area contributed by atoms with E-state index in [1.54, 1.807) is 11.3 Å². The van der Waals surface area contributed by atoms with Crippen LogP contribution in [0.1, 0.15) is 34.4 Å². The van der Waals surface area contributed by atoms with Gasteiger partial charge in [-0.3, -0.25) is 0 Å². The average Bonchev–Trinajstić information content (AvgIpc) is 3.21. The van der Waals surface area contributed by atoms with Crippen molar-refractivity contribution in [2.45, 2.75) is 39.4 Å². The van der Waals surface area contributed by atoms with Gasteiger partial charge in [0.1, 0.15) is 5.01 Å². The van der Waals surface area contributed by atoms with E-state index in [4.69, 9.17) is 0 Å². The van der Waals surface area contributed by atoms with Gasteiger partial charge >= 0.3 is 6.18 Å². The molecule has 0 fully saturated rings. The fourth-order valence-corrected chi connectivity index (χ4v) is 3.51. The summed E-state index contributed by atoms with van der Waals surface area (Å²) in [4.78, 5) is 13.6. The third-order valence-corrected chi connectivity index (χ3v) is 5.18. The van der Waals surface area contributed by atoms with E-state index in [1.807, 2.05) is 13.1 Å². The van der Waals surface area contributed by atoms with Crippen molar-refractivity contribution in [2.24, 2.45) is 4.99 Å². The Morgan fingerprint density at radius 1 is 1.23 bits per heavy atom. The fourth-order valence-electron chi connectivity index (χ4n) is 1.92. The van der Waals surface area contributed by atoms with Crippen LogP contribution in [-0.4, -0.2) is 29.0 Å². The normalized spacial score (nSPS) is 12.0. The maximum absolute atomic E-state index is 12.5. The summed E-state index contributed by atoms with van der Waals surface area (Å²) in [6.07, 6.45) is -1.17. The molecule has 0 radical (unpaired) electrons. The second-order valence-electron chi connectivity index (χ2n) is 5.07. The molecule has 11 heteroatoms. The Kier molecular flexibility index (Phi) is 9.79. The molecule has 2 aromatic heterocycles. The van der Waals surface area contributed by atoms with E-state index in [2.05, 4.69) is 32.5 Å². The lowest BCUT2D eigenvalue weighted by Gasteiger charge is -2.10. The van der Waals surface area contributed by atoms with Crippen LogP contribution in [0, 0.1) is 0 Å². The molecular formula is C15H21F3IN5S2. The molecule has 0 saturated carbocycles. The number of alkyl halides is 3. The molecule has 0 unspecified atom stereocenters. The van der Waals surface area contributed by atoms with Gasteiger partial charge in [0.05, 0.1) is 11.6 Å². The van der Waals surface area contributed by atoms with Gasteiger partial charge < -0.3 is 10.6 Å². The summed E-state index contributed by atoms with van der Waals surface area (Å²) in [5.41, 5.74) is -0.830. The molecule has 0 bridgehead atoms. The monoisotopic (exact) mass is 519 g/mol. The zero-order valence-electron chi connectivity index (χ0n) is 14.4. The number of guanidine groups is 1. The number of hydrogen-bond donors (Lipinski definition) is 2. The second kappa shape index (κ2) is 11.0. The maximum Gasteiger partial charge on any atom is 0.434 e. The van der Waals surface area contributed by atoms with Crippen molar-refractivity contribution in [3.05, 3.63) is 32.2 Å². The molecule has 0 atom stereocenters. The summed E-state index contributed by atoms with van der Waals surface area (Å²) in [6.45, 7) is 5.64. The van der Waals surface area contributed by atoms with Crippen LogP contribution in [0.3, 0.4) is 0 Å². The van der Waals surface area contributed by atoms with Crippen molar-refractivity contribution < 1.29 is 13.2 Å². The Morgan fingerprint density at radius 3 is 2.58 bits per heavy atom.